The highest BCUT2D eigenvalue weighted by atomic mass is 16.6. The summed E-state index contributed by atoms with van der Waals surface area (Å²) < 4.78 is 10.5. The zero-order valence-electron chi connectivity index (χ0n) is 22.5. The number of alkyl carbamates (subject to hydrolysis) is 1. The molecule has 1 aliphatic rings. The molecule has 0 heterocycles. The second kappa shape index (κ2) is 13.4. The Balaban J connectivity index is 2.16. The first-order chi connectivity index (χ1) is 17.3. The predicted molar refractivity (Wildman–Crippen MR) is 137 cm³/mol. The number of hydrogen-bond acceptors (Lipinski definition) is 7. The van der Waals surface area contributed by atoms with E-state index in [1.165, 1.54) is 13.8 Å². The van der Waals surface area contributed by atoms with Gasteiger partial charge in [0.05, 0.1) is 6.10 Å². The highest BCUT2D eigenvalue weighted by Crippen LogP contribution is 2.23. The van der Waals surface area contributed by atoms with Gasteiger partial charge in [0.15, 0.2) is 11.6 Å². The van der Waals surface area contributed by atoms with Gasteiger partial charge in [0.2, 0.25) is 0 Å². The average molecular weight is 520 g/mol. The molecular formula is C27H41N3O7. The van der Waals surface area contributed by atoms with Gasteiger partial charge in [0, 0.05) is 6.54 Å². The minimum absolute atomic E-state index is 0.0614. The molecule has 206 valence electrons. The Labute approximate surface area is 218 Å². The fourth-order valence-corrected chi connectivity index (χ4v) is 4.01. The molecule has 37 heavy (non-hydrogen) atoms. The Kier molecular flexibility index (Phi) is 10.9. The standard InChI is InChI=1S/C27H41N3O7/c1-18(31)21(22(32)36-17-20-14-10-7-11-15-20)29-24(34)27(5,30-25(35)37-26(2,3)4)23(33)28-16-19-12-8-6-9-13-19/h7,10-11,14-15,18-19,21,31H,6,8-9,12-13,16-17H2,1-5H3,(H,28,33)(H,29,34)(H,30,35)/t18-,21+,27+/m1/s1. The average Bonchev–Trinajstić information content (AvgIpc) is 2.83. The lowest BCUT2D eigenvalue weighted by Gasteiger charge is -2.32. The lowest BCUT2D eigenvalue weighted by Crippen LogP contribution is -2.68. The molecule has 1 saturated carbocycles. The second-order valence-electron chi connectivity index (χ2n) is 10.8. The normalized spacial score (nSPS) is 17.5. The topological polar surface area (TPSA) is 143 Å². The third kappa shape index (κ3) is 9.68. The van der Waals surface area contributed by atoms with Crippen molar-refractivity contribution in [3.8, 4) is 0 Å². The van der Waals surface area contributed by atoms with Gasteiger partial charge in [0.1, 0.15) is 12.2 Å². The summed E-state index contributed by atoms with van der Waals surface area (Å²) in [7, 11) is 0. The first-order valence-corrected chi connectivity index (χ1v) is 12.8. The van der Waals surface area contributed by atoms with E-state index in [2.05, 4.69) is 16.0 Å². The number of benzene rings is 1. The van der Waals surface area contributed by atoms with E-state index in [9.17, 15) is 24.3 Å². The molecule has 1 aromatic rings. The highest BCUT2D eigenvalue weighted by molar-refractivity contribution is 6.12. The van der Waals surface area contributed by atoms with Crippen LogP contribution < -0.4 is 16.0 Å². The van der Waals surface area contributed by atoms with E-state index in [1.54, 1.807) is 45.0 Å². The first kappa shape index (κ1) is 30.1. The molecule has 1 aromatic carbocycles. The Morgan fingerprint density at radius 1 is 1.00 bits per heavy atom. The van der Waals surface area contributed by atoms with Crippen molar-refractivity contribution in [1.82, 2.24) is 16.0 Å². The predicted octanol–water partition coefficient (Wildman–Crippen LogP) is 2.58. The number of carbonyl (C=O) groups excluding carboxylic acids is 4. The van der Waals surface area contributed by atoms with Crippen molar-refractivity contribution >= 4 is 23.9 Å². The molecule has 0 radical (unpaired) electrons. The molecule has 0 spiro atoms. The van der Waals surface area contributed by atoms with Crippen molar-refractivity contribution in [2.24, 2.45) is 5.92 Å². The van der Waals surface area contributed by atoms with E-state index >= 15 is 0 Å². The largest absolute Gasteiger partial charge is 0.459 e. The molecule has 0 aromatic heterocycles. The van der Waals surface area contributed by atoms with Gasteiger partial charge in [-0.05, 0) is 58.9 Å². The van der Waals surface area contributed by atoms with Crippen molar-refractivity contribution in [3.63, 3.8) is 0 Å². The molecule has 0 aliphatic heterocycles. The third-order valence-corrected chi connectivity index (χ3v) is 6.18. The van der Waals surface area contributed by atoms with E-state index in [1.807, 2.05) is 6.07 Å². The van der Waals surface area contributed by atoms with Crippen LogP contribution in [0.5, 0.6) is 0 Å². The van der Waals surface area contributed by atoms with E-state index in [4.69, 9.17) is 9.47 Å². The summed E-state index contributed by atoms with van der Waals surface area (Å²) in [6.45, 7) is 7.80. The second-order valence-corrected chi connectivity index (χ2v) is 10.8. The number of esters is 1. The summed E-state index contributed by atoms with van der Waals surface area (Å²) >= 11 is 0. The molecule has 0 unspecified atom stereocenters. The highest BCUT2D eigenvalue weighted by Gasteiger charge is 2.46. The Bertz CT molecular complexity index is 924. The summed E-state index contributed by atoms with van der Waals surface area (Å²) in [5.74, 6) is -2.33. The van der Waals surface area contributed by atoms with Crippen LogP contribution in [0.25, 0.3) is 0 Å². The SMILES string of the molecule is C[C@@H](O)[C@H](NC(=O)[C@@](C)(NC(=O)OC(C)(C)C)C(=O)NCC1CCCCC1)C(=O)OCc1ccccc1. The molecule has 0 bridgehead atoms. The summed E-state index contributed by atoms with van der Waals surface area (Å²) in [4.78, 5) is 51.9. The maximum Gasteiger partial charge on any atom is 0.408 e. The monoisotopic (exact) mass is 519 g/mol. The van der Waals surface area contributed by atoms with Crippen LogP contribution >= 0.6 is 0 Å². The van der Waals surface area contributed by atoms with Crippen LogP contribution in [0.3, 0.4) is 0 Å². The zero-order chi connectivity index (χ0) is 27.6. The minimum Gasteiger partial charge on any atom is -0.459 e. The molecule has 10 nitrogen and oxygen atoms in total. The van der Waals surface area contributed by atoms with Gasteiger partial charge >= 0.3 is 12.1 Å². The van der Waals surface area contributed by atoms with E-state index in [0.717, 1.165) is 37.7 Å². The maximum absolute atomic E-state index is 13.4. The van der Waals surface area contributed by atoms with Gasteiger partial charge in [-0.3, -0.25) is 14.9 Å². The number of aliphatic hydroxyl groups excluding tert-OH is 1. The fourth-order valence-electron chi connectivity index (χ4n) is 4.01. The van der Waals surface area contributed by atoms with Gasteiger partial charge in [-0.2, -0.15) is 0 Å². The van der Waals surface area contributed by atoms with Crippen LogP contribution in [0, 0.1) is 5.92 Å². The molecule has 0 saturated heterocycles. The summed E-state index contributed by atoms with van der Waals surface area (Å²) in [6, 6.07) is 7.46. The fraction of sp³-hybridized carbons (Fsp3) is 0.630. The minimum atomic E-state index is -2.12. The van der Waals surface area contributed by atoms with Gasteiger partial charge in [-0.1, -0.05) is 49.6 Å². The van der Waals surface area contributed by atoms with Crippen LogP contribution in [0.4, 0.5) is 4.79 Å². The molecule has 4 N–H and O–H groups in total. The number of hydrogen-bond donors (Lipinski definition) is 4. The number of nitrogens with one attached hydrogen (secondary N) is 3. The molecule has 3 amide bonds. The zero-order valence-corrected chi connectivity index (χ0v) is 22.5. The first-order valence-electron chi connectivity index (χ1n) is 12.8. The van der Waals surface area contributed by atoms with Gasteiger partial charge < -0.3 is 25.2 Å². The summed E-state index contributed by atoms with van der Waals surface area (Å²) in [5, 5.41) is 17.7. The van der Waals surface area contributed by atoms with Crippen molar-refractivity contribution in [2.75, 3.05) is 6.54 Å². The molecule has 2 rings (SSSR count). The number of aliphatic hydroxyl groups is 1. The van der Waals surface area contributed by atoms with Gasteiger partial charge in [-0.15, -0.1) is 0 Å². The van der Waals surface area contributed by atoms with E-state index < -0.39 is 47.2 Å². The lowest BCUT2D eigenvalue weighted by atomic mass is 9.89. The van der Waals surface area contributed by atoms with Crippen molar-refractivity contribution in [2.45, 2.75) is 96.6 Å². The lowest BCUT2D eigenvalue weighted by molar-refractivity contribution is -0.153. The van der Waals surface area contributed by atoms with Crippen molar-refractivity contribution in [1.29, 1.82) is 0 Å². The molecule has 10 heteroatoms. The maximum atomic E-state index is 13.4. The summed E-state index contributed by atoms with van der Waals surface area (Å²) in [5.41, 5.74) is -2.27. The number of amides is 3. The van der Waals surface area contributed by atoms with Crippen LogP contribution in [0.1, 0.15) is 72.3 Å². The van der Waals surface area contributed by atoms with Gasteiger partial charge in [0.25, 0.3) is 11.8 Å². The summed E-state index contributed by atoms with van der Waals surface area (Å²) in [6.07, 6.45) is 2.96. The Morgan fingerprint density at radius 2 is 1.62 bits per heavy atom. The van der Waals surface area contributed by atoms with Crippen molar-refractivity contribution < 1.29 is 33.8 Å². The van der Waals surface area contributed by atoms with E-state index in [0.29, 0.717) is 6.54 Å². The quantitative estimate of drug-likeness (QED) is 0.275. The molecule has 1 aliphatic carbocycles. The Morgan fingerprint density at radius 3 is 2.19 bits per heavy atom. The van der Waals surface area contributed by atoms with Crippen LogP contribution in [0.2, 0.25) is 0 Å². The van der Waals surface area contributed by atoms with Crippen molar-refractivity contribution in [3.05, 3.63) is 35.9 Å². The smallest absolute Gasteiger partial charge is 0.408 e. The molecular weight excluding hydrogens is 478 g/mol. The molecule has 1 fully saturated rings. The Hall–Kier alpha value is -3.14. The number of ether oxygens (including phenoxy) is 2. The third-order valence-electron chi connectivity index (χ3n) is 6.18. The van der Waals surface area contributed by atoms with E-state index in [-0.39, 0.29) is 12.5 Å². The number of carbonyl (C=O) groups is 4. The van der Waals surface area contributed by atoms with Crippen LogP contribution in [-0.4, -0.2) is 58.8 Å². The van der Waals surface area contributed by atoms with Crippen LogP contribution in [0.15, 0.2) is 30.3 Å². The number of rotatable bonds is 10. The van der Waals surface area contributed by atoms with Crippen LogP contribution in [-0.2, 0) is 30.5 Å². The van der Waals surface area contributed by atoms with Gasteiger partial charge in [-0.25, -0.2) is 9.59 Å². The molecule has 3 atom stereocenters.